The minimum Gasteiger partial charge on any atom is -0.458 e. The summed E-state index contributed by atoms with van der Waals surface area (Å²) < 4.78 is 101. The summed E-state index contributed by atoms with van der Waals surface area (Å²) in [6, 6.07) is 32.1. The number of anilines is 2. The van der Waals surface area contributed by atoms with E-state index in [1.165, 1.54) is 19.3 Å². The molecule has 0 atom stereocenters. The molecular formula is C58H50N6O. The number of fused-ring (bicyclic) bond motifs is 4. The molecule has 7 aromatic carbocycles. The summed E-state index contributed by atoms with van der Waals surface area (Å²) in [5.41, 5.74) is 6.39. The standard InChI is InChI=1S/C58H50N6O/c1-5-18-42(19-6-1)48-25-16-26-49(43-20-7-2-8-21-43)57(48)63-41-62(58-53(28-17-29-54(58)63)61-36-13-4-14-37-61)45-22-15-23-46(38-45)65-47-30-31-51-50-24-9-10-27-52(50)64(55(51)40-47)56-39-44(32-33-59-56)60-34-11-3-12-35-60/h1-2,5-10,15-33,38-40H,3-4,11-14,34-37H2/i1D,2D,5D,6D,7D,8D,18D,19D,20D,21D. The van der Waals surface area contributed by atoms with Crippen molar-refractivity contribution in [3.8, 4) is 50.9 Å². The van der Waals surface area contributed by atoms with Gasteiger partial charge in [0.2, 0.25) is 0 Å². The van der Waals surface area contributed by atoms with E-state index in [9.17, 15) is 0 Å². The van der Waals surface area contributed by atoms with Crippen molar-refractivity contribution < 1.29 is 23.0 Å². The van der Waals surface area contributed by atoms with Gasteiger partial charge in [0.15, 0.2) is 0 Å². The third-order valence-corrected chi connectivity index (χ3v) is 12.8. The zero-order valence-corrected chi connectivity index (χ0v) is 35.7. The highest BCUT2D eigenvalue weighted by atomic mass is 16.5. The normalized spacial score (nSPS) is 16.6. The van der Waals surface area contributed by atoms with Crippen LogP contribution in [0, 0.1) is 6.33 Å². The van der Waals surface area contributed by atoms with E-state index in [4.69, 9.17) is 23.4 Å². The zero-order valence-electron chi connectivity index (χ0n) is 45.7. The highest BCUT2D eigenvalue weighted by Gasteiger charge is 2.24. The molecule has 10 aromatic rings. The van der Waals surface area contributed by atoms with Gasteiger partial charge in [0.05, 0.1) is 41.6 Å². The van der Waals surface area contributed by atoms with Crippen LogP contribution in [0.2, 0.25) is 0 Å². The monoisotopic (exact) mass is 856 g/mol. The molecule has 12 rings (SSSR count). The quantitative estimate of drug-likeness (QED) is 0.107. The maximum atomic E-state index is 9.17. The Kier molecular flexibility index (Phi) is 7.68. The molecule has 0 unspecified atom stereocenters. The number of aromatic nitrogens is 4. The molecule has 5 heterocycles. The van der Waals surface area contributed by atoms with Crippen LogP contribution in [0.4, 0.5) is 11.4 Å². The molecule has 2 saturated heterocycles. The van der Waals surface area contributed by atoms with Crippen LogP contribution in [0.5, 0.6) is 11.5 Å². The summed E-state index contributed by atoms with van der Waals surface area (Å²) >= 11 is 0. The fraction of sp³-hybridized carbons (Fsp3) is 0.172. The lowest BCUT2D eigenvalue weighted by molar-refractivity contribution is -0.571. The zero-order chi connectivity index (χ0) is 51.8. The number of pyridine rings is 1. The summed E-state index contributed by atoms with van der Waals surface area (Å²) in [6.45, 7) is 3.64. The molecule has 2 aliphatic heterocycles. The Morgan fingerprint density at radius 1 is 0.554 bits per heavy atom. The number of hydrogen-bond donors (Lipinski definition) is 0. The van der Waals surface area contributed by atoms with Crippen molar-refractivity contribution in [2.24, 2.45) is 0 Å². The molecule has 0 N–H and O–H groups in total. The second-order valence-corrected chi connectivity index (χ2v) is 16.7. The van der Waals surface area contributed by atoms with Crippen LogP contribution in [0.25, 0.3) is 72.3 Å². The number of para-hydroxylation sites is 3. The molecule has 0 spiro atoms. The molecular weight excluding hydrogens is 797 g/mol. The molecule has 0 aliphatic carbocycles. The Morgan fingerprint density at radius 2 is 1.22 bits per heavy atom. The number of hydrogen-bond acceptors (Lipinski definition) is 4. The third kappa shape index (κ3) is 7.17. The lowest BCUT2D eigenvalue weighted by atomic mass is 9.95. The van der Waals surface area contributed by atoms with Crippen molar-refractivity contribution in [1.82, 2.24) is 14.1 Å². The minimum absolute atomic E-state index is 0.115. The Morgan fingerprint density at radius 3 is 1.97 bits per heavy atom. The van der Waals surface area contributed by atoms with E-state index in [0.29, 0.717) is 22.7 Å². The van der Waals surface area contributed by atoms with Gasteiger partial charge in [0.1, 0.15) is 22.8 Å². The minimum atomic E-state index is -0.557. The highest BCUT2D eigenvalue weighted by Crippen LogP contribution is 2.39. The first kappa shape index (κ1) is 29.7. The lowest BCUT2D eigenvalue weighted by Crippen LogP contribution is -2.32. The van der Waals surface area contributed by atoms with Crippen LogP contribution in [0.15, 0.2) is 182 Å². The molecule has 2 aliphatic rings. The molecule has 0 radical (unpaired) electrons. The first-order valence-corrected chi connectivity index (χ1v) is 22.4. The summed E-state index contributed by atoms with van der Waals surface area (Å²) in [4.78, 5) is 9.68. The lowest BCUT2D eigenvalue weighted by Gasteiger charge is -2.30. The van der Waals surface area contributed by atoms with Crippen LogP contribution >= 0.6 is 0 Å². The number of nitrogens with zero attached hydrogens (tertiary/aromatic N) is 6. The van der Waals surface area contributed by atoms with Crippen molar-refractivity contribution in [2.45, 2.75) is 38.5 Å². The van der Waals surface area contributed by atoms with Crippen LogP contribution < -0.4 is 19.1 Å². The molecule has 2 fully saturated rings. The van der Waals surface area contributed by atoms with Crippen molar-refractivity contribution in [3.05, 3.63) is 188 Å². The average Bonchev–Trinajstić information content (AvgIpc) is 4.01. The molecule has 3 aromatic heterocycles. The van der Waals surface area contributed by atoms with E-state index in [0.717, 1.165) is 90.0 Å². The van der Waals surface area contributed by atoms with Gasteiger partial charge in [-0.15, -0.1) is 0 Å². The van der Waals surface area contributed by atoms with Gasteiger partial charge in [0.25, 0.3) is 6.33 Å². The molecule has 318 valence electrons. The van der Waals surface area contributed by atoms with Gasteiger partial charge in [-0.05, 0) is 109 Å². The van der Waals surface area contributed by atoms with Gasteiger partial charge < -0.3 is 14.5 Å². The predicted molar refractivity (Wildman–Crippen MR) is 265 cm³/mol. The second kappa shape index (κ2) is 16.8. The summed E-state index contributed by atoms with van der Waals surface area (Å²) in [6.07, 6.45) is 12.1. The Balaban J connectivity index is 1.05. The first-order chi connectivity index (χ1) is 36.4. The van der Waals surface area contributed by atoms with Gasteiger partial charge in [-0.3, -0.25) is 13.7 Å². The number of piperidine rings is 2. The van der Waals surface area contributed by atoms with Crippen LogP contribution in [-0.4, -0.2) is 40.3 Å². The molecule has 0 saturated carbocycles. The second-order valence-electron chi connectivity index (χ2n) is 16.7. The Labute approximate surface area is 394 Å². The molecule has 7 nitrogen and oxygen atoms in total. The van der Waals surface area contributed by atoms with Gasteiger partial charge in [-0.25, -0.2) is 4.98 Å². The molecule has 7 heteroatoms. The van der Waals surface area contributed by atoms with E-state index in [2.05, 4.69) is 57.1 Å². The smallest absolute Gasteiger partial charge is 0.269 e. The molecule has 0 bridgehead atoms. The fourth-order valence-electron chi connectivity index (χ4n) is 9.80. The first-order valence-electron chi connectivity index (χ1n) is 27.4. The van der Waals surface area contributed by atoms with E-state index < -0.39 is 60.4 Å². The van der Waals surface area contributed by atoms with Crippen molar-refractivity contribution >= 4 is 44.2 Å². The molecule has 0 amide bonds. The number of imidazole rings is 1. The van der Waals surface area contributed by atoms with Gasteiger partial charge in [-0.2, -0.15) is 0 Å². The van der Waals surface area contributed by atoms with Crippen molar-refractivity contribution in [1.29, 1.82) is 0 Å². The van der Waals surface area contributed by atoms with Gasteiger partial charge >= 0.3 is 0 Å². The average molecular weight is 857 g/mol. The summed E-state index contributed by atoms with van der Waals surface area (Å²) in [5.74, 6) is 1.97. The van der Waals surface area contributed by atoms with Crippen molar-refractivity contribution in [2.75, 3.05) is 36.0 Å². The third-order valence-electron chi connectivity index (χ3n) is 12.8. The Hall–Kier alpha value is -7.64. The SMILES string of the molecule is [2H]c1c([2H])c([2H])c(-c2cccc(-c3c([2H])c([2H])c([2H])c([2H])c3[2H])c2-[n+]2[c-]n(-c3cccc(Oc4ccc5c6ccccc6n(-c6cc(N7CCCCC7)ccn6)c5c4)c3)c3c(N4CCCCC4)cccc32)c([2H])c1[2H]. The van der Waals surface area contributed by atoms with Crippen LogP contribution in [0.1, 0.15) is 52.2 Å². The molecule has 65 heavy (non-hydrogen) atoms. The fourth-order valence-corrected chi connectivity index (χ4v) is 9.80. The number of rotatable bonds is 9. The Bertz CT molecular complexity index is 3790. The number of benzene rings is 7. The summed E-state index contributed by atoms with van der Waals surface area (Å²) in [5, 5.41) is 2.16. The largest absolute Gasteiger partial charge is 0.458 e. The van der Waals surface area contributed by atoms with E-state index in [1.807, 2.05) is 71.4 Å². The number of ether oxygens (including phenoxy) is 1. The van der Waals surface area contributed by atoms with Crippen molar-refractivity contribution in [3.63, 3.8) is 0 Å². The maximum absolute atomic E-state index is 9.17. The topological polar surface area (TPSA) is 42.3 Å². The van der Waals surface area contributed by atoms with E-state index in [-0.39, 0.29) is 27.9 Å². The maximum Gasteiger partial charge on any atom is 0.269 e. The van der Waals surface area contributed by atoms with Gasteiger partial charge in [0, 0.05) is 66.7 Å². The highest BCUT2D eigenvalue weighted by molar-refractivity contribution is 6.09. The summed E-state index contributed by atoms with van der Waals surface area (Å²) in [7, 11) is 0. The van der Waals surface area contributed by atoms with Gasteiger partial charge in [-0.1, -0.05) is 115 Å². The van der Waals surface area contributed by atoms with Crippen LogP contribution in [-0.2, 0) is 0 Å². The van der Waals surface area contributed by atoms with E-state index in [1.54, 1.807) is 22.8 Å². The van der Waals surface area contributed by atoms with E-state index >= 15 is 0 Å². The predicted octanol–water partition coefficient (Wildman–Crippen LogP) is 13.3. The van der Waals surface area contributed by atoms with Crippen LogP contribution in [0.3, 0.4) is 0 Å².